The van der Waals surface area contributed by atoms with Gasteiger partial charge in [-0.15, -0.1) is 11.8 Å². The molecular formula is C23H25FN6O2S. The first-order chi connectivity index (χ1) is 15.9. The molecule has 3 N–H and O–H groups in total. The Balaban J connectivity index is 1.45. The number of carboxylic acid groups (broad SMARTS) is 1. The summed E-state index contributed by atoms with van der Waals surface area (Å²) in [5.74, 6) is -0.199. The number of carbonyl (C=O) groups is 1. The summed E-state index contributed by atoms with van der Waals surface area (Å²) in [4.78, 5) is 25.0. The zero-order valence-corrected chi connectivity index (χ0v) is 19.1. The highest BCUT2D eigenvalue weighted by Crippen LogP contribution is 2.40. The Labute approximate surface area is 194 Å². The van der Waals surface area contributed by atoms with Crippen LogP contribution < -0.4 is 5.73 Å². The normalized spacial score (nSPS) is 21.8. The lowest BCUT2D eigenvalue weighted by atomic mass is 9.77. The summed E-state index contributed by atoms with van der Waals surface area (Å²) in [6.45, 7) is 2.75. The number of carboxylic acids is 1. The summed E-state index contributed by atoms with van der Waals surface area (Å²) in [5.41, 5.74) is 11.4. The molecule has 3 aromatic heterocycles. The van der Waals surface area contributed by atoms with Crippen molar-refractivity contribution in [3.63, 3.8) is 0 Å². The van der Waals surface area contributed by atoms with Crippen molar-refractivity contribution in [1.82, 2.24) is 19.6 Å². The molecular weight excluding hydrogens is 443 g/mol. The van der Waals surface area contributed by atoms with E-state index in [1.165, 1.54) is 0 Å². The first kappa shape index (κ1) is 21.8. The molecule has 172 valence electrons. The van der Waals surface area contributed by atoms with Crippen LogP contribution in [0.15, 0.2) is 29.5 Å². The minimum absolute atomic E-state index is 0.107. The number of aromatic nitrogens is 4. The van der Waals surface area contributed by atoms with Gasteiger partial charge in [0.05, 0.1) is 17.6 Å². The van der Waals surface area contributed by atoms with E-state index in [0.29, 0.717) is 37.1 Å². The summed E-state index contributed by atoms with van der Waals surface area (Å²) < 4.78 is 15.6. The molecule has 1 aliphatic heterocycles. The first-order valence-corrected chi connectivity index (χ1v) is 12.1. The monoisotopic (exact) mass is 468 g/mol. The Kier molecular flexibility index (Phi) is 5.77. The molecule has 1 aliphatic carbocycles. The number of halogens is 1. The van der Waals surface area contributed by atoms with Gasteiger partial charge in [0.1, 0.15) is 10.9 Å². The second-order valence-corrected chi connectivity index (χ2v) is 9.70. The predicted molar refractivity (Wildman–Crippen MR) is 126 cm³/mol. The Morgan fingerprint density at radius 1 is 1.27 bits per heavy atom. The second kappa shape index (κ2) is 8.74. The van der Waals surface area contributed by atoms with Crippen LogP contribution in [0.4, 0.5) is 10.2 Å². The minimum Gasteiger partial charge on any atom is -0.479 e. The lowest BCUT2D eigenvalue weighted by Crippen LogP contribution is -2.29. The van der Waals surface area contributed by atoms with Gasteiger partial charge in [0.15, 0.2) is 11.8 Å². The average Bonchev–Trinajstić information content (AvgIpc) is 3.51. The molecule has 10 heteroatoms. The van der Waals surface area contributed by atoms with E-state index in [1.54, 1.807) is 22.5 Å². The molecule has 2 aliphatic rings. The maximum absolute atomic E-state index is 14.0. The van der Waals surface area contributed by atoms with E-state index in [1.807, 2.05) is 25.3 Å². The van der Waals surface area contributed by atoms with E-state index >= 15 is 0 Å². The molecule has 0 spiro atoms. The number of nitrogens with zero attached hydrogens (tertiary/aromatic N) is 5. The van der Waals surface area contributed by atoms with E-state index in [9.17, 15) is 9.18 Å². The highest BCUT2D eigenvalue weighted by molar-refractivity contribution is 8.14. The zero-order chi connectivity index (χ0) is 23.1. The number of thioether (sulfide) groups is 1. The van der Waals surface area contributed by atoms with Gasteiger partial charge in [0, 0.05) is 47.0 Å². The lowest BCUT2D eigenvalue weighted by molar-refractivity contribution is -0.145. The molecule has 0 saturated heterocycles. The fourth-order valence-electron chi connectivity index (χ4n) is 4.77. The SMILES string of the molecule is Cc1c(C2CCC(C(F)C(=O)O)CC2)nc2c(-c3ccc(C4=NCCS4)nc3)cnn2c1N. The van der Waals surface area contributed by atoms with Gasteiger partial charge in [-0.2, -0.15) is 9.61 Å². The van der Waals surface area contributed by atoms with Gasteiger partial charge in [-0.05, 0) is 38.7 Å². The maximum atomic E-state index is 14.0. The number of fused-ring (bicyclic) bond motifs is 1. The third-order valence-electron chi connectivity index (χ3n) is 6.65. The summed E-state index contributed by atoms with van der Waals surface area (Å²) in [6.07, 6.45) is 4.15. The molecule has 0 radical (unpaired) electrons. The second-order valence-electron chi connectivity index (χ2n) is 8.62. The Morgan fingerprint density at radius 2 is 2.06 bits per heavy atom. The molecule has 5 rings (SSSR count). The number of hydrogen-bond acceptors (Lipinski definition) is 7. The number of hydrogen-bond donors (Lipinski definition) is 2. The fourth-order valence-corrected chi connectivity index (χ4v) is 5.60. The number of aliphatic imine (C=N–C) groups is 1. The minimum atomic E-state index is -1.81. The summed E-state index contributed by atoms with van der Waals surface area (Å²) in [5, 5.41) is 14.4. The van der Waals surface area contributed by atoms with Gasteiger partial charge in [-0.3, -0.25) is 9.98 Å². The lowest BCUT2D eigenvalue weighted by Gasteiger charge is -2.29. The van der Waals surface area contributed by atoms with Gasteiger partial charge >= 0.3 is 5.97 Å². The van der Waals surface area contributed by atoms with Gasteiger partial charge in [-0.1, -0.05) is 6.07 Å². The number of nitrogens with two attached hydrogens (primary N) is 1. The Hall–Kier alpha value is -3.01. The average molecular weight is 469 g/mol. The van der Waals surface area contributed by atoms with Crippen LogP contribution in [0.25, 0.3) is 16.8 Å². The van der Waals surface area contributed by atoms with Gasteiger partial charge in [0.2, 0.25) is 0 Å². The number of aliphatic carboxylic acids is 1. The molecule has 0 aromatic carbocycles. The summed E-state index contributed by atoms with van der Waals surface area (Å²) in [6, 6.07) is 3.96. The Morgan fingerprint density at radius 3 is 2.70 bits per heavy atom. The van der Waals surface area contributed by atoms with Gasteiger partial charge < -0.3 is 10.8 Å². The molecule has 4 heterocycles. The van der Waals surface area contributed by atoms with Crippen molar-refractivity contribution in [2.45, 2.75) is 44.7 Å². The number of anilines is 1. The van der Waals surface area contributed by atoms with E-state index in [0.717, 1.165) is 45.4 Å². The van der Waals surface area contributed by atoms with Gasteiger partial charge in [-0.25, -0.2) is 14.2 Å². The van der Waals surface area contributed by atoms with Crippen LogP contribution in [-0.2, 0) is 4.79 Å². The molecule has 1 fully saturated rings. The number of pyridine rings is 1. The molecule has 33 heavy (non-hydrogen) atoms. The van der Waals surface area contributed by atoms with Crippen molar-refractivity contribution in [1.29, 1.82) is 0 Å². The van der Waals surface area contributed by atoms with E-state index < -0.39 is 18.1 Å². The van der Waals surface area contributed by atoms with Crippen LogP contribution in [0.5, 0.6) is 0 Å². The molecule has 0 bridgehead atoms. The quantitative estimate of drug-likeness (QED) is 0.583. The maximum Gasteiger partial charge on any atom is 0.338 e. The standard InChI is InChI=1S/C23H25FN6O2S/c1-12-19(14-4-2-13(3-5-14)18(24)23(31)32)29-21-16(11-28-30(21)20(12)25)15-6-7-17(27-10-15)22-26-8-9-33-22/h6-7,10-11,13-14,18H,2-5,8-9,25H2,1H3,(H,31,32). The van der Waals surface area contributed by atoms with Crippen molar-refractivity contribution in [2.75, 3.05) is 18.0 Å². The largest absolute Gasteiger partial charge is 0.479 e. The highest BCUT2D eigenvalue weighted by atomic mass is 32.2. The third-order valence-corrected chi connectivity index (χ3v) is 7.65. The van der Waals surface area contributed by atoms with Gasteiger partial charge in [0.25, 0.3) is 0 Å². The van der Waals surface area contributed by atoms with Crippen molar-refractivity contribution in [3.05, 3.63) is 41.5 Å². The number of nitrogen functional groups attached to an aromatic ring is 1. The zero-order valence-electron chi connectivity index (χ0n) is 18.2. The van der Waals surface area contributed by atoms with Crippen molar-refractivity contribution < 1.29 is 14.3 Å². The first-order valence-electron chi connectivity index (χ1n) is 11.1. The predicted octanol–water partition coefficient (Wildman–Crippen LogP) is 3.87. The van der Waals surface area contributed by atoms with E-state index in [-0.39, 0.29) is 5.92 Å². The van der Waals surface area contributed by atoms with Crippen LogP contribution in [0.1, 0.15) is 48.6 Å². The van der Waals surface area contributed by atoms with E-state index in [4.69, 9.17) is 15.8 Å². The number of rotatable bonds is 5. The van der Waals surface area contributed by atoms with Crippen molar-refractivity contribution >= 4 is 34.2 Å². The molecule has 0 amide bonds. The highest BCUT2D eigenvalue weighted by Gasteiger charge is 2.34. The molecule has 8 nitrogen and oxygen atoms in total. The fraction of sp³-hybridized carbons (Fsp3) is 0.435. The van der Waals surface area contributed by atoms with Crippen LogP contribution in [0, 0.1) is 12.8 Å². The summed E-state index contributed by atoms with van der Waals surface area (Å²) in [7, 11) is 0. The molecule has 1 atom stereocenters. The van der Waals surface area contributed by atoms with Crippen LogP contribution in [0.3, 0.4) is 0 Å². The molecule has 3 aromatic rings. The third kappa shape index (κ3) is 3.96. The van der Waals surface area contributed by atoms with Crippen LogP contribution in [-0.4, -0.2) is 54.2 Å². The summed E-state index contributed by atoms with van der Waals surface area (Å²) >= 11 is 1.71. The van der Waals surface area contributed by atoms with Crippen LogP contribution in [0.2, 0.25) is 0 Å². The number of alkyl halides is 1. The van der Waals surface area contributed by atoms with Crippen molar-refractivity contribution in [2.24, 2.45) is 10.9 Å². The van der Waals surface area contributed by atoms with Crippen LogP contribution >= 0.6 is 11.8 Å². The topological polar surface area (TPSA) is 119 Å². The molecule has 1 unspecified atom stereocenters. The Bertz CT molecular complexity index is 1230. The van der Waals surface area contributed by atoms with E-state index in [2.05, 4.69) is 15.1 Å². The van der Waals surface area contributed by atoms with Crippen molar-refractivity contribution in [3.8, 4) is 11.1 Å². The smallest absolute Gasteiger partial charge is 0.338 e. The molecule has 1 saturated carbocycles.